The first-order valence-electron chi connectivity index (χ1n) is 12.9. The van der Waals surface area contributed by atoms with E-state index in [-0.39, 0.29) is 11.8 Å². The minimum atomic E-state index is -0.871. The van der Waals surface area contributed by atoms with Gasteiger partial charge in [0.2, 0.25) is 5.91 Å². The Morgan fingerprint density at radius 1 is 1.26 bits per heavy atom. The van der Waals surface area contributed by atoms with E-state index in [2.05, 4.69) is 22.1 Å². The van der Waals surface area contributed by atoms with Gasteiger partial charge in [-0.1, -0.05) is 11.8 Å². The number of aromatic nitrogens is 1. The van der Waals surface area contributed by atoms with E-state index in [1.807, 2.05) is 23.1 Å². The van der Waals surface area contributed by atoms with Gasteiger partial charge in [0.05, 0.1) is 42.4 Å². The second-order valence-electron chi connectivity index (χ2n) is 9.78. The number of aliphatic hydroxyl groups excluding tert-OH is 1. The Labute approximate surface area is 226 Å². The number of ether oxygens (including phenoxy) is 1. The molecule has 204 valence electrons. The Balaban J connectivity index is 1.39. The number of anilines is 1. The Hall–Kier alpha value is -4.00. The van der Waals surface area contributed by atoms with Crippen molar-refractivity contribution in [1.29, 1.82) is 0 Å². The maximum atomic E-state index is 13.7. The number of halogens is 1. The van der Waals surface area contributed by atoms with Crippen LogP contribution in [0.25, 0.3) is 10.9 Å². The van der Waals surface area contributed by atoms with Crippen LogP contribution in [0.15, 0.2) is 48.7 Å². The van der Waals surface area contributed by atoms with Gasteiger partial charge in [-0.2, -0.15) is 0 Å². The molecule has 9 heteroatoms. The number of pyridine rings is 1. The minimum absolute atomic E-state index is 0.0846. The van der Waals surface area contributed by atoms with Crippen LogP contribution < -0.4 is 10.1 Å². The van der Waals surface area contributed by atoms with Crippen LogP contribution in [0.5, 0.6) is 5.75 Å². The number of benzene rings is 2. The van der Waals surface area contributed by atoms with Gasteiger partial charge in [0.1, 0.15) is 11.6 Å². The fourth-order valence-electron chi connectivity index (χ4n) is 5.09. The third-order valence-corrected chi connectivity index (χ3v) is 7.13. The fourth-order valence-corrected chi connectivity index (χ4v) is 5.09. The van der Waals surface area contributed by atoms with Crippen molar-refractivity contribution in [2.75, 3.05) is 32.1 Å². The molecule has 3 aromatic rings. The van der Waals surface area contributed by atoms with Crippen molar-refractivity contribution in [2.24, 2.45) is 11.8 Å². The van der Waals surface area contributed by atoms with Crippen molar-refractivity contribution < 1.29 is 28.9 Å². The summed E-state index contributed by atoms with van der Waals surface area (Å²) in [5.41, 5.74) is 2.30. The lowest BCUT2D eigenvalue weighted by atomic mass is 9.81. The summed E-state index contributed by atoms with van der Waals surface area (Å²) in [7, 11) is 1.59. The summed E-state index contributed by atoms with van der Waals surface area (Å²) in [6, 6.07) is 11.3. The van der Waals surface area contributed by atoms with E-state index < -0.39 is 23.8 Å². The molecule has 39 heavy (non-hydrogen) atoms. The van der Waals surface area contributed by atoms with Crippen LogP contribution in [0.4, 0.5) is 10.1 Å². The smallest absolute Gasteiger partial charge is 0.308 e. The number of likely N-dealkylation sites (tertiary alicyclic amines) is 1. The van der Waals surface area contributed by atoms with Crippen molar-refractivity contribution in [2.45, 2.75) is 32.3 Å². The lowest BCUT2D eigenvalue weighted by molar-refractivity contribution is -0.146. The first-order valence-corrected chi connectivity index (χ1v) is 12.9. The molecular weight excluding hydrogens is 501 g/mol. The number of hydrogen-bond donors (Lipinski definition) is 3. The van der Waals surface area contributed by atoms with Gasteiger partial charge in [-0.05, 0) is 79.8 Å². The second-order valence-corrected chi connectivity index (χ2v) is 9.78. The molecule has 3 N–H and O–H groups in total. The Bertz CT molecular complexity index is 1420. The molecular formula is C30H32FN3O5. The average molecular weight is 534 g/mol. The first-order chi connectivity index (χ1) is 18.7. The summed E-state index contributed by atoms with van der Waals surface area (Å²) < 4.78 is 19.0. The van der Waals surface area contributed by atoms with E-state index in [1.54, 1.807) is 19.4 Å². The monoisotopic (exact) mass is 533 g/mol. The van der Waals surface area contributed by atoms with E-state index in [0.717, 1.165) is 16.5 Å². The highest BCUT2D eigenvalue weighted by atomic mass is 19.1. The number of rotatable bonds is 8. The molecule has 2 heterocycles. The van der Waals surface area contributed by atoms with Crippen molar-refractivity contribution in [3.05, 3.63) is 65.6 Å². The van der Waals surface area contributed by atoms with Crippen LogP contribution in [-0.2, 0) is 9.59 Å². The number of piperidine rings is 1. The first kappa shape index (κ1) is 28.0. The molecule has 1 amide bonds. The zero-order valence-electron chi connectivity index (χ0n) is 22.0. The second kappa shape index (κ2) is 12.7. The number of carbonyl (C=O) groups is 2. The van der Waals surface area contributed by atoms with E-state index in [1.165, 1.54) is 25.1 Å². The summed E-state index contributed by atoms with van der Waals surface area (Å²) in [5.74, 6) is 4.29. The van der Waals surface area contributed by atoms with E-state index in [9.17, 15) is 24.2 Å². The number of carbonyl (C=O) groups excluding carboxylic acids is 1. The molecule has 0 saturated carbocycles. The van der Waals surface area contributed by atoms with Crippen LogP contribution in [0.3, 0.4) is 0 Å². The van der Waals surface area contributed by atoms with Gasteiger partial charge < -0.3 is 20.3 Å². The normalized spacial score (nSPS) is 18.2. The molecule has 1 saturated heterocycles. The van der Waals surface area contributed by atoms with Gasteiger partial charge in [-0.25, -0.2) is 4.39 Å². The number of aliphatic hydroxyl groups is 1. The van der Waals surface area contributed by atoms with Crippen LogP contribution in [0.2, 0.25) is 0 Å². The van der Waals surface area contributed by atoms with E-state index in [0.29, 0.717) is 55.9 Å². The maximum Gasteiger partial charge on any atom is 0.308 e. The highest BCUT2D eigenvalue weighted by Crippen LogP contribution is 2.33. The molecule has 0 radical (unpaired) electrons. The number of hydrogen-bond acceptors (Lipinski definition) is 6. The minimum Gasteiger partial charge on any atom is -0.497 e. The topological polar surface area (TPSA) is 112 Å². The van der Waals surface area contributed by atoms with Crippen molar-refractivity contribution in [3.63, 3.8) is 0 Å². The molecule has 2 aromatic carbocycles. The number of aliphatic carboxylic acids is 1. The van der Waals surface area contributed by atoms with Gasteiger partial charge >= 0.3 is 5.97 Å². The van der Waals surface area contributed by atoms with Gasteiger partial charge in [0.25, 0.3) is 0 Å². The summed E-state index contributed by atoms with van der Waals surface area (Å²) in [6.07, 6.45) is 2.55. The number of carboxylic acid groups (broad SMARTS) is 1. The Kier molecular flexibility index (Phi) is 9.12. The van der Waals surface area contributed by atoms with Crippen molar-refractivity contribution in [3.8, 4) is 17.6 Å². The lowest BCUT2D eigenvalue weighted by Crippen LogP contribution is -2.44. The summed E-state index contributed by atoms with van der Waals surface area (Å²) in [5, 5.41) is 24.4. The Morgan fingerprint density at radius 2 is 2.08 bits per heavy atom. The molecule has 0 unspecified atom stereocenters. The van der Waals surface area contributed by atoms with E-state index >= 15 is 0 Å². The van der Waals surface area contributed by atoms with Crippen molar-refractivity contribution >= 4 is 28.5 Å². The van der Waals surface area contributed by atoms with E-state index in [4.69, 9.17) is 4.74 Å². The maximum absolute atomic E-state index is 13.7. The van der Waals surface area contributed by atoms with Crippen LogP contribution in [-0.4, -0.2) is 58.7 Å². The lowest BCUT2D eigenvalue weighted by Gasteiger charge is -2.36. The number of methoxy groups -OCH3 is 1. The standard InChI is InChI=1S/C30H32FN3O5/c1-19(35)33-27-8-6-22(31)16-21(27)4-3-14-34-15-12-20(26(18-34)30(37)38)5-10-29(36)24-11-13-32-28-9-7-23(39-2)17-25(24)28/h6-9,11,13,16-17,20,26,29,36H,5,10,12,14-15,18H2,1-2H3,(H,33,35)(H,37,38)/t20-,26+,29+/m1/s1. The molecule has 1 aliphatic rings. The molecule has 1 fully saturated rings. The van der Waals surface area contributed by atoms with Crippen molar-refractivity contribution in [1.82, 2.24) is 9.88 Å². The molecule has 3 atom stereocenters. The highest BCUT2D eigenvalue weighted by molar-refractivity contribution is 5.90. The number of nitrogens with zero attached hydrogens (tertiary/aromatic N) is 2. The largest absolute Gasteiger partial charge is 0.497 e. The van der Waals surface area contributed by atoms with Crippen LogP contribution in [0.1, 0.15) is 43.4 Å². The number of carboxylic acids is 1. The van der Waals surface area contributed by atoms with Gasteiger partial charge in [0, 0.05) is 25.1 Å². The average Bonchev–Trinajstić information content (AvgIpc) is 2.92. The predicted molar refractivity (Wildman–Crippen MR) is 146 cm³/mol. The number of amides is 1. The van der Waals surface area contributed by atoms with Crippen LogP contribution in [0, 0.1) is 29.5 Å². The SMILES string of the molecule is COc1ccc2nccc([C@@H](O)CC[C@@H]3CCN(CC#Cc4cc(F)ccc4NC(C)=O)C[C@@H]3C(=O)O)c2c1. The predicted octanol–water partition coefficient (Wildman–Crippen LogP) is 4.23. The molecule has 0 spiro atoms. The fraction of sp³-hybridized carbons (Fsp3) is 0.367. The number of fused-ring (bicyclic) bond motifs is 1. The molecule has 1 aliphatic heterocycles. The summed E-state index contributed by atoms with van der Waals surface area (Å²) in [4.78, 5) is 29.9. The van der Waals surface area contributed by atoms with Gasteiger partial charge in [-0.3, -0.25) is 19.5 Å². The summed E-state index contributed by atoms with van der Waals surface area (Å²) in [6.45, 7) is 2.68. The third-order valence-electron chi connectivity index (χ3n) is 7.13. The quantitative estimate of drug-likeness (QED) is 0.372. The highest BCUT2D eigenvalue weighted by Gasteiger charge is 2.34. The van der Waals surface area contributed by atoms with Gasteiger partial charge in [-0.15, -0.1) is 0 Å². The zero-order valence-corrected chi connectivity index (χ0v) is 22.0. The number of nitrogens with one attached hydrogen (secondary N) is 1. The molecule has 0 aliphatic carbocycles. The van der Waals surface area contributed by atoms with Crippen LogP contribution >= 0.6 is 0 Å². The van der Waals surface area contributed by atoms with Gasteiger partial charge in [0.15, 0.2) is 0 Å². The molecule has 8 nitrogen and oxygen atoms in total. The molecule has 1 aromatic heterocycles. The molecule has 0 bridgehead atoms. The molecule has 4 rings (SSSR count). The third kappa shape index (κ3) is 7.11. The summed E-state index contributed by atoms with van der Waals surface area (Å²) >= 11 is 0. The zero-order chi connectivity index (χ0) is 27.9. The Morgan fingerprint density at radius 3 is 2.82 bits per heavy atom.